The first-order valence-corrected chi connectivity index (χ1v) is 8.23. The standard InChI is InChI=1S/C18H23NO6/c1-5-23-16(21)7-6-10-19-14-11-13(24-12(2)20)8-9-15(14)25-18(3,4)17(19)22/h8-9,11H,5-7,10H2,1-4H3. The number of carbonyl (C=O) groups excluding carboxylic acids is 3. The van der Waals surface area contributed by atoms with E-state index in [0.717, 1.165) is 0 Å². The van der Waals surface area contributed by atoms with E-state index in [9.17, 15) is 14.4 Å². The van der Waals surface area contributed by atoms with E-state index < -0.39 is 11.6 Å². The summed E-state index contributed by atoms with van der Waals surface area (Å²) in [6.45, 7) is 7.10. The van der Waals surface area contributed by atoms with Gasteiger partial charge >= 0.3 is 11.9 Å². The number of benzene rings is 1. The first-order valence-electron chi connectivity index (χ1n) is 8.23. The Morgan fingerprint density at radius 3 is 2.64 bits per heavy atom. The summed E-state index contributed by atoms with van der Waals surface area (Å²) in [5.41, 5.74) is -0.494. The minimum Gasteiger partial charge on any atom is -0.476 e. The minimum absolute atomic E-state index is 0.219. The van der Waals surface area contributed by atoms with Crippen molar-refractivity contribution >= 4 is 23.5 Å². The number of fused-ring (bicyclic) bond motifs is 1. The average molecular weight is 349 g/mol. The molecule has 136 valence electrons. The molecule has 7 nitrogen and oxygen atoms in total. The number of hydrogen-bond acceptors (Lipinski definition) is 6. The number of nitrogens with zero attached hydrogens (tertiary/aromatic N) is 1. The van der Waals surface area contributed by atoms with E-state index in [1.165, 1.54) is 6.92 Å². The Bertz CT molecular complexity index is 682. The molecule has 1 aromatic carbocycles. The maximum atomic E-state index is 12.7. The largest absolute Gasteiger partial charge is 0.476 e. The van der Waals surface area contributed by atoms with Crippen molar-refractivity contribution in [2.75, 3.05) is 18.1 Å². The van der Waals surface area contributed by atoms with Gasteiger partial charge in [-0.15, -0.1) is 0 Å². The van der Waals surface area contributed by atoms with Crippen molar-refractivity contribution in [2.45, 2.75) is 46.1 Å². The van der Waals surface area contributed by atoms with E-state index in [2.05, 4.69) is 0 Å². The highest BCUT2D eigenvalue weighted by atomic mass is 16.5. The molecular formula is C18H23NO6. The fraction of sp³-hybridized carbons (Fsp3) is 0.500. The Morgan fingerprint density at radius 2 is 2.00 bits per heavy atom. The van der Waals surface area contributed by atoms with Crippen LogP contribution in [0.25, 0.3) is 0 Å². The zero-order chi connectivity index (χ0) is 18.6. The molecule has 0 spiro atoms. The zero-order valence-corrected chi connectivity index (χ0v) is 15.0. The topological polar surface area (TPSA) is 82.1 Å². The molecule has 0 atom stereocenters. The van der Waals surface area contributed by atoms with Crippen LogP contribution in [0.3, 0.4) is 0 Å². The van der Waals surface area contributed by atoms with Crippen LogP contribution in [0.15, 0.2) is 18.2 Å². The van der Waals surface area contributed by atoms with Gasteiger partial charge in [0.2, 0.25) is 0 Å². The van der Waals surface area contributed by atoms with Gasteiger partial charge in [-0.25, -0.2) is 0 Å². The van der Waals surface area contributed by atoms with Crippen LogP contribution in [0.2, 0.25) is 0 Å². The van der Waals surface area contributed by atoms with E-state index in [0.29, 0.717) is 36.8 Å². The quantitative estimate of drug-likeness (QED) is 0.580. The lowest BCUT2D eigenvalue weighted by Crippen LogP contribution is -2.52. The van der Waals surface area contributed by atoms with Crippen LogP contribution in [0.4, 0.5) is 5.69 Å². The summed E-state index contributed by atoms with van der Waals surface area (Å²) in [6, 6.07) is 4.87. The summed E-state index contributed by atoms with van der Waals surface area (Å²) >= 11 is 0. The Labute approximate surface area is 146 Å². The molecule has 0 saturated heterocycles. The van der Waals surface area contributed by atoms with Crippen molar-refractivity contribution in [3.05, 3.63) is 18.2 Å². The Balaban J connectivity index is 2.23. The first kappa shape index (κ1) is 18.8. The summed E-state index contributed by atoms with van der Waals surface area (Å²) in [5, 5.41) is 0. The molecule has 0 unspecified atom stereocenters. The van der Waals surface area contributed by atoms with Gasteiger partial charge in [-0.1, -0.05) is 0 Å². The molecule has 7 heteroatoms. The molecule has 2 rings (SSSR count). The SMILES string of the molecule is CCOC(=O)CCCN1C(=O)C(C)(C)Oc2ccc(OC(C)=O)cc21. The normalized spacial score (nSPS) is 15.2. The first-order chi connectivity index (χ1) is 11.7. The van der Waals surface area contributed by atoms with Gasteiger partial charge in [0.15, 0.2) is 5.60 Å². The molecule has 0 radical (unpaired) electrons. The molecule has 1 aliphatic rings. The number of anilines is 1. The van der Waals surface area contributed by atoms with Gasteiger partial charge in [0.25, 0.3) is 5.91 Å². The van der Waals surface area contributed by atoms with E-state index in [4.69, 9.17) is 14.2 Å². The molecule has 0 aromatic heterocycles. The van der Waals surface area contributed by atoms with Crippen LogP contribution in [-0.2, 0) is 19.1 Å². The molecule has 0 aliphatic carbocycles. The fourth-order valence-electron chi connectivity index (χ4n) is 2.61. The molecule has 1 aliphatic heterocycles. The van der Waals surface area contributed by atoms with Crippen LogP contribution in [0, 0.1) is 0 Å². The monoisotopic (exact) mass is 349 g/mol. The van der Waals surface area contributed by atoms with Gasteiger partial charge < -0.3 is 19.1 Å². The second kappa shape index (κ2) is 7.55. The number of esters is 2. The molecule has 1 amide bonds. The van der Waals surface area contributed by atoms with Crippen molar-refractivity contribution in [1.29, 1.82) is 0 Å². The third-order valence-corrected chi connectivity index (χ3v) is 3.68. The second-order valence-corrected chi connectivity index (χ2v) is 6.20. The third-order valence-electron chi connectivity index (χ3n) is 3.68. The van der Waals surface area contributed by atoms with E-state index >= 15 is 0 Å². The highest BCUT2D eigenvalue weighted by Crippen LogP contribution is 2.40. The van der Waals surface area contributed by atoms with Crippen LogP contribution in [0.5, 0.6) is 11.5 Å². The van der Waals surface area contributed by atoms with Crippen LogP contribution >= 0.6 is 0 Å². The van der Waals surface area contributed by atoms with Gasteiger partial charge in [0.05, 0.1) is 12.3 Å². The zero-order valence-electron chi connectivity index (χ0n) is 15.0. The van der Waals surface area contributed by atoms with Gasteiger partial charge in [-0.2, -0.15) is 0 Å². The molecule has 0 saturated carbocycles. The average Bonchev–Trinajstić information content (AvgIpc) is 2.51. The van der Waals surface area contributed by atoms with Gasteiger partial charge in [-0.05, 0) is 39.3 Å². The summed E-state index contributed by atoms with van der Waals surface area (Å²) in [6.07, 6.45) is 0.676. The lowest BCUT2D eigenvalue weighted by atomic mass is 10.0. The highest BCUT2D eigenvalue weighted by molar-refractivity contribution is 6.02. The van der Waals surface area contributed by atoms with Gasteiger partial charge in [-0.3, -0.25) is 14.4 Å². The summed E-state index contributed by atoms with van der Waals surface area (Å²) < 4.78 is 15.8. The van der Waals surface area contributed by atoms with E-state index in [-0.39, 0.29) is 18.3 Å². The molecule has 0 fully saturated rings. The van der Waals surface area contributed by atoms with Crippen molar-refractivity contribution in [3.8, 4) is 11.5 Å². The highest BCUT2D eigenvalue weighted by Gasteiger charge is 2.40. The molecular weight excluding hydrogens is 326 g/mol. The van der Waals surface area contributed by atoms with Crippen LogP contribution < -0.4 is 14.4 Å². The number of rotatable bonds is 6. The number of carbonyl (C=O) groups is 3. The van der Waals surface area contributed by atoms with Gasteiger partial charge in [0.1, 0.15) is 11.5 Å². The number of amides is 1. The summed E-state index contributed by atoms with van der Waals surface area (Å²) in [5.74, 6) is -0.105. The van der Waals surface area contributed by atoms with Crippen molar-refractivity contribution in [1.82, 2.24) is 0 Å². The second-order valence-electron chi connectivity index (χ2n) is 6.20. The fourth-order valence-corrected chi connectivity index (χ4v) is 2.61. The lowest BCUT2D eigenvalue weighted by Gasteiger charge is -2.38. The Hall–Kier alpha value is -2.57. The smallest absolute Gasteiger partial charge is 0.308 e. The predicted molar refractivity (Wildman–Crippen MR) is 90.7 cm³/mol. The molecule has 0 N–H and O–H groups in total. The summed E-state index contributed by atoms with van der Waals surface area (Å²) in [4.78, 5) is 36.9. The Kier molecular flexibility index (Phi) is 5.66. The molecule has 1 aromatic rings. The lowest BCUT2D eigenvalue weighted by molar-refractivity contribution is -0.143. The molecule has 0 bridgehead atoms. The minimum atomic E-state index is -1.01. The third kappa shape index (κ3) is 4.49. The number of ether oxygens (including phenoxy) is 3. The van der Waals surface area contributed by atoms with Crippen LogP contribution in [-0.4, -0.2) is 36.6 Å². The van der Waals surface area contributed by atoms with Crippen molar-refractivity contribution < 1.29 is 28.6 Å². The maximum Gasteiger partial charge on any atom is 0.308 e. The number of hydrogen-bond donors (Lipinski definition) is 0. The summed E-state index contributed by atoms with van der Waals surface area (Å²) in [7, 11) is 0. The van der Waals surface area contributed by atoms with Crippen molar-refractivity contribution in [3.63, 3.8) is 0 Å². The maximum absolute atomic E-state index is 12.7. The van der Waals surface area contributed by atoms with Crippen molar-refractivity contribution in [2.24, 2.45) is 0 Å². The van der Waals surface area contributed by atoms with E-state index in [1.807, 2.05) is 0 Å². The molecule has 25 heavy (non-hydrogen) atoms. The van der Waals surface area contributed by atoms with Crippen LogP contribution in [0.1, 0.15) is 40.5 Å². The van der Waals surface area contributed by atoms with E-state index in [1.54, 1.807) is 43.9 Å². The molecule has 1 heterocycles. The predicted octanol–water partition coefficient (Wildman–Crippen LogP) is 2.46. The Morgan fingerprint density at radius 1 is 1.28 bits per heavy atom. The van der Waals surface area contributed by atoms with Gasteiger partial charge in [0, 0.05) is 26.0 Å².